The molecular formula is C20H19F3N4O. The summed E-state index contributed by atoms with van der Waals surface area (Å²) in [6.07, 6.45) is 2.73. The molecule has 4 rings (SSSR count). The average molecular weight is 388 g/mol. The number of aryl methyl sites for hydroxylation is 1. The van der Waals surface area contributed by atoms with E-state index in [4.69, 9.17) is 4.42 Å². The maximum atomic E-state index is 14.6. The van der Waals surface area contributed by atoms with Crippen LogP contribution in [0.4, 0.5) is 30.6 Å². The smallest absolute Gasteiger partial charge is 0.318 e. The summed E-state index contributed by atoms with van der Waals surface area (Å²) in [5, 5.41) is 10.6. The molecule has 0 aliphatic carbocycles. The number of benzene rings is 2. The van der Waals surface area contributed by atoms with E-state index >= 15 is 0 Å². The van der Waals surface area contributed by atoms with Crippen molar-refractivity contribution in [3.63, 3.8) is 0 Å². The van der Waals surface area contributed by atoms with E-state index in [1.807, 2.05) is 11.8 Å². The summed E-state index contributed by atoms with van der Waals surface area (Å²) in [6, 6.07) is 7.22. The summed E-state index contributed by atoms with van der Waals surface area (Å²) in [5.74, 6) is -2.72. The molecule has 0 unspecified atom stereocenters. The average Bonchev–Trinajstić information content (AvgIpc) is 3.38. The highest BCUT2D eigenvalue weighted by Gasteiger charge is 2.23. The van der Waals surface area contributed by atoms with Crippen LogP contribution in [0, 0.1) is 17.5 Å². The summed E-state index contributed by atoms with van der Waals surface area (Å²) >= 11 is 0. The van der Waals surface area contributed by atoms with Gasteiger partial charge in [-0.3, -0.25) is 0 Å². The molecule has 8 heteroatoms. The minimum absolute atomic E-state index is 0.0298. The third-order valence-corrected chi connectivity index (χ3v) is 4.82. The molecule has 28 heavy (non-hydrogen) atoms. The van der Waals surface area contributed by atoms with Crippen molar-refractivity contribution in [2.24, 2.45) is 0 Å². The quantitative estimate of drug-likeness (QED) is 0.662. The van der Waals surface area contributed by atoms with Crippen LogP contribution in [0.2, 0.25) is 0 Å². The van der Waals surface area contributed by atoms with Crippen LogP contribution < -0.4 is 10.2 Å². The number of hydrogen-bond donors (Lipinski definition) is 1. The Kier molecular flexibility index (Phi) is 4.93. The van der Waals surface area contributed by atoms with Crippen LogP contribution in [-0.4, -0.2) is 23.3 Å². The van der Waals surface area contributed by atoms with E-state index in [1.54, 1.807) is 6.07 Å². The van der Waals surface area contributed by atoms with Crippen molar-refractivity contribution in [1.82, 2.24) is 10.2 Å². The topological polar surface area (TPSA) is 54.2 Å². The van der Waals surface area contributed by atoms with Crippen molar-refractivity contribution >= 4 is 17.4 Å². The molecule has 0 saturated carbocycles. The molecule has 1 aliphatic heterocycles. The fourth-order valence-electron chi connectivity index (χ4n) is 3.23. The summed E-state index contributed by atoms with van der Waals surface area (Å²) < 4.78 is 48.5. The molecule has 5 nitrogen and oxygen atoms in total. The molecule has 1 aromatic heterocycles. The van der Waals surface area contributed by atoms with Gasteiger partial charge in [0.15, 0.2) is 11.6 Å². The van der Waals surface area contributed by atoms with Crippen molar-refractivity contribution in [3.05, 3.63) is 53.3 Å². The summed E-state index contributed by atoms with van der Waals surface area (Å²) in [5.41, 5.74) is 0.743. The second-order valence-electron chi connectivity index (χ2n) is 6.66. The maximum Gasteiger partial charge on any atom is 0.318 e. The Bertz CT molecular complexity index is 999. The van der Waals surface area contributed by atoms with Gasteiger partial charge in [-0.25, -0.2) is 13.2 Å². The lowest BCUT2D eigenvalue weighted by molar-refractivity contribution is 0.510. The van der Waals surface area contributed by atoms with Crippen LogP contribution >= 0.6 is 0 Å². The highest BCUT2D eigenvalue weighted by molar-refractivity contribution is 5.78. The fourth-order valence-corrected chi connectivity index (χ4v) is 3.23. The molecule has 1 aliphatic rings. The standard InChI is InChI=1S/C20H19F3N4O/c1-2-12-5-8-16(15(22)11-12)24-18-13(6-7-14(21)17(18)23)19-25-26-20(28-19)27-9-3-4-10-27/h5-8,11,24H,2-4,9-10H2,1H3. The summed E-state index contributed by atoms with van der Waals surface area (Å²) in [7, 11) is 0. The van der Waals surface area contributed by atoms with Gasteiger partial charge in [0.25, 0.3) is 5.89 Å². The van der Waals surface area contributed by atoms with E-state index < -0.39 is 17.5 Å². The first-order valence-electron chi connectivity index (χ1n) is 9.19. The number of aromatic nitrogens is 2. The van der Waals surface area contributed by atoms with Crippen molar-refractivity contribution in [1.29, 1.82) is 0 Å². The van der Waals surface area contributed by atoms with Crippen molar-refractivity contribution in [2.75, 3.05) is 23.3 Å². The van der Waals surface area contributed by atoms with Crippen LogP contribution in [-0.2, 0) is 6.42 Å². The third-order valence-electron chi connectivity index (χ3n) is 4.82. The van der Waals surface area contributed by atoms with E-state index in [0.29, 0.717) is 12.4 Å². The fraction of sp³-hybridized carbons (Fsp3) is 0.300. The number of rotatable bonds is 5. The Morgan fingerprint density at radius 2 is 1.82 bits per heavy atom. The minimum Gasteiger partial charge on any atom is -0.403 e. The molecule has 0 amide bonds. The highest BCUT2D eigenvalue weighted by atomic mass is 19.2. The number of hydrogen-bond acceptors (Lipinski definition) is 5. The SMILES string of the molecule is CCc1ccc(Nc2c(-c3nnc(N4CCCC4)o3)ccc(F)c2F)c(F)c1. The molecule has 3 aromatic rings. The maximum absolute atomic E-state index is 14.6. The predicted molar refractivity (Wildman–Crippen MR) is 100 cm³/mol. The molecule has 1 saturated heterocycles. The second-order valence-corrected chi connectivity index (χ2v) is 6.66. The van der Waals surface area contributed by atoms with Crippen LogP contribution in [0.25, 0.3) is 11.5 Å². The van der Waals surface area contributed by atoms with Crippen molar-refractivity contribution in [3.8, 4) is 11.5 Å². The largest absolute Gasteiger partial charge is 0.403 e. The first kappa shape index (κ1) is 18.3. The number of nitrogens with one attached hydrogen (secondary N) is 1. The lowest BCUT2D eigenvalue weighted by atomic mass is 10.1. The number of nitrogens with zero attached hydrogens (tertiary/aromatic N) is 3. The van der Waals surface area contributed by atoms with Crippen LogP contribution in [0.15, 0.2) is 34.7 Å². The van der Waals surface area contributed by atoms with Gasteiger partial charge < -0.3 is 14.6 Å². The van der Waals surface area contributed by atoms with E-state index in [2.05, 4.69) is 15.5 Å². The zero-order valence-electron chi connectivity index (χ0n) is 15.3. The molecule has 1 fully saturated rings. The third kappa shape index (κ3) is 3.42. The van der Waals surface area contributed by atoms with Gasteiger partial charge in [0, 0.05) is 13.1 Å². The molecular weight excluding hydrogens is 369 g/mol. The Morgan fingerprint density at radius 1 is 1.04 bits per heavy atom. The Morgan fingerprint density at radius 3 is 2.54 bits per heavy atom. The predicted octanol–water partition coefficient (Wildman–Crippen LogP) is 5.06. The second kappa shape index (κ2) is 7.53. The van der Waals surface area contributed by atoms with Gasteiger partial charge in [-0.2, -0.15) is 0 Å². The number of halogens is 3. The molecule has 146 valence electrons. The molecule has 1 N–H and O–H groups in total. The number of anilines is 3. The van der Waals surface area contributed by atoms with Crippen LogP contribution in [0.3, 0.4) is 0 Å². The first-order valence-corrected chi connectivity index (χ1v) is 9.19. The van der Waals surface area contributed by atoms with Gasteiger partial charge in [0.2, 0.25) is 0 Å². The summed E-state index contributed by atoms with van der Waals surface area (Å²) in [4.78, 5) is 1.94. The van der Waals surface area contributed by atoms with E-state index in [9.17, 15) is 13.2 Å². The van der Waals surface area contributed by atoms with E-state index in [0.717, 1.165) is 37.6 Å². The van der Waals surface area contributed by atoms with Gasteiger partial charge in [0.1, 0.15) is 5.82 Å². The van der Waals surface area contributed by atoms with Gasteiger partial charge >= 0.3 is 6.01 Å². The van der Waals surface area contributed by atoms with E-state index in [-0.39, 0.29) is 22.8 Å². The van der Waals surface area contributed by atoms with Crippen LogP contribution in [0.1, 0.15) is 25.3 Å². The normalized spacial score (nSPS) is 13.9. The Labute approximate surface area is 160 Å². The molecule has 0 atom stereocenters. The Balaban J connectivity index is 1.72. The van der Waals surface area contributed by atoms with Gasteiger partial charge in [-0.1, -0.05) is 18.1 Å². The van der Waals surface area contributed by atoms with Gasteiger partial charge in [-0.05, 0) is 49.1 Å². The first-order chi connectivity index (χ1) is 13.6. The summed E-state index contributed by atoms with van der Waals surface area (Å²) in [6.45, 7) is 3.51. The zero-order chi connectivity index (χ0) is 19.7. The molecule has 2 heterocycles. The molecule has 0 radical (unpaired) electrons. The monoisotopic (exact) mass is 388 g/mol. The lowest BCUT2D eigenvalue weighted by Crippen LogP contribution is -2.17. The van der Waals surface area contributed by atoms with Crippen molar-refractivity contribution < 1.29 is 17.6 Å². The molecule has 0 spiro atoms. The zero-order valence-corrected chi connectivity index (χ0v) is 15.3. The molecule has 2 aromatic carbocycles. The lowest BCUT2D eigenvalue weighted by Gasteiger charge is -2.13. The van der Waals surface area contributed by atoms with E-state index in [1.165, 1.54) is 18.2 Å². The minimum atomic E-state index is -1.14. The van der Waals surface area contributed by atoms with Gasteiger partial charge in [-0.15, -0.1) is 5.10 Å². The van der Waals surface area contributed by atoms with Crippen molar-refractivity contribution in [2.45, 2.75) is 26.2 Å². The highest BCUT2D eigenvalue weighted by Crippen LogP contribution is 2.35. The van der Waals surface area contributed by atoms with Crippen LogP contribution in [0.5, 0.6) is 0 Å². The molecule has 0 bridgehead atoms. The Hall–Kier alpha value is -3.03. The van der Waals surface area contributed by atoms with Gasteiger partial charge in [0.05, 0.1) is 16.9 Å².